The quantitative estimate of drug-likeness (QED) is 0.128. The second-order valence-electron chi connectivity index (χ2n) is 8.69. The van der Waals surface area contributed by atoms with Crippen molar-refractivity contribution in [2.75, 3.05) is 0 Å². The molecule has 0 atom stereocenters. The Bertz CT molecular complexity index is 1370. The van der Waals surface area contributed by atoms with E-state index in [0.29, 0.717) is 17.7 Å². The van der Waals surface area contributed by atoms with E-state index in [1.807, 2.05) is 67.6 Å². The van der Waals surface area contributed by atoms with Crippen LogP contribution in [0.3, 0.4) is 0 Å². The average molecular weight is 676 g/mol. The zero-order valence-corrected chi connectivity index (χ0v) is 24.7. The molecule has 0 bridgehead atoms. The van der Waals surface area contributed by atoms with Crippen LogP contribution in [0.15, 0.2) is 102 Å². The summed E-state index contributed by atoms with van der Waals surface area (Å²) in [7, 11) is 9.87. The predicted octanol–water partition coefficient (Wildman–Crippen LogP) is 9.91. The van der Waals surface area contributed by atoms with Crippen molar-refractivity contribution in [1.82, 2.24) is 0 Å². The maximum absolute atomic E-state index is 13.2. The Morgan fingerprint density at radius 3 is 1.55 bits per heavy atom. The summed E-state index contributed by atoms with van der Waals surface area (Å²) < 4.78 is 79.3. The molecule has 0 aliphatic rings. The second kappa shape index (κ2) is 13.4. The summed E-state index contributed by atoms with van der Waals surface area (Å²) in [6, 6.07) is 24.8. The molecular formula is C29H21Cl2F6NOZr. The fourth-order valence-corrected chi connectivity index (χ4v) is 4.25. The van der Waals surface area contributed by atoms with Crippen molar-refractivity contribution in [3.63, 3.8) is 0 Å². The molecule has 0 aliphatic heterocycles. The summed E-state index contributed by atoms with van der Waals surface area (Å²) in [5.41, 5.74) is -1.91. The number of hydrogen-bond donors (Lipinski definition) is 1. The van der Waals surface area contributed by atoms with Crippen LogP contribution in [0.4, 0.5) is 32.0 Å². The molecule has 4 aromatic rings. The Labute approximate surface area is 246 Å². The molecule has 0 aromatic heterocycles. The second-order valence-corrected chi connectivity index (χ2v) is 12.4. The number of rotatable bonds is 5. The fourth-order valence-electron chi connectivity index (χ4n) is 4.25. The number of aromatic hydroxyl groups is 1. The van der Waals surface area contributed by atoms with Gasteiger partial charge in [-0.2, -0.15) is 26.3 Å². The van der Waals surface area contributed by atoms with Crippen LogP contribution in [-0.4, -0.2) is 11.3 Å². The number of aliphatic imine (C=N–C) groups is 1. The van der Waals surface area contributed by atoms with Crippen LogP contribution in [0.25, 0.3) is 0 Å². The van der Waals surface area contributed by atoms with Crippen molar-refractivity contribution in [2.24, 2.45) is 4.99 Å². The number of benzene rings is 4. The van der Waals surface area contributed by atoms with Gasteiger partial charge >= 0.3 is 50.2 Å². The van der Waals surface area contributed by atoms with Gasteiger partial charge in [-0.25, -0.2) is 0 Å². The molecule has 0 saturated carbocycles. The van der Waals surface area contributed by atoms with Crippen LogP contribution in [0.1, 0.15) is 40.3 Å². The van der Waals surface area contributed by atoms with Gasteiger partial charge in [-0.15, -0.1) is 0 Å². The summed E-state index contributed by atoms with van der Waals surface area (Å²) >= 11 is -0.826. The molecule has 208 valence electrons. The monoisotopic (exact) mass is 673 g/mol. The summed E-state index contributed by atoms with van der Waals surface area (Å²) in [4.78, 5) is 3.87. The Balaban J connectivity index is 0.00000141. The van der Waals surface area contributed by atoms with E-state index < -0.39 is 55.4 Å². The first kappa shape index (κ1) is 31.9. The summed E-state index contributed by atoms with van der Waals surface area (Å²) in [6.45, 7) is 1.93. The average Bonchev–Trinajstić information content (AvgIpc) is 2.92. The van der Waals surface area contributed by atoms with E-state index in [9.17, 15) is 31.4 Å². The molecule has 4 aromatic carbocycles. The zero-order valence-electron chi connectivity index (χ0n) is 20.7. The van der Waals surface area contributed by atoms with Crippen LogP contribution < -0.4 is 0 Å². The van der Waals surface area contributed by atoms with Gasteiger partial charge in [-0.05, 0) is 42.3 Å². The predicted molar refractivity (Wildman–Crippen MR) is 142 cm³/mol. The third-order valence-corrected chi connectivity index (χ3v) is 6.23. The third kappa shape index (κ3) is 7.56. The third-order valence-electron chi connectivity index (χ3n) is 6.23. The Morgan fingerprint density at radius 1 is 0.675 bits per heavy atom. The normalized spacial score (nSPS) is 12.1. The molecular weight excluding hydrogens is 654 g/mol. The van der Waals surface area contributed by atoms with Crippen LogP contribution >= 0.6 is 17.0 Å². The number of nitrogens with zero attached hydrogens (tertiary/aromatic N) is 1. The van der Waals surface area contributed by atoms with E-state index in [1.165, 1.54) is 6.07 Å². The van der Waals surface area contributed by atoms with Gasteiger partial charge in [0.2, 0.25) is 0 Å². The molecule has 0 heterocycles. The maximum atomic E-state index is 13.2. The standard InChI is InChI=1S/C29H21F6NO.2ClH.Zr/c1-27(20-10-4-2-5-11-20,21-12-6-3-7-13-21)25-14-8-9-19(26(25)37)18-36-24-16-22(28(30,31)32)15-23(17-24)29(33,34)35;;;/h2-18,37H,1H3;2*1H;/q;;;+2/p-2. The van der Waals surface area contributed by atoms with Crippen LogP contribution in [0.5, 0.6) is 5.75 Å². The molecule has 0 radical (unpaired) electrons. The molecule has 0 saturated heterocycles. The molecule has 0 fully saturated rings. The minimum absolute atomic E-state index is 0.0439. The number of phenolic OH excluding ortho intramolecular Hbond substituents is 1. The Morgan fingerprint density at radius 2 is 1.12 bits per heavy atom. The SMILES string of the molecule is CC(c1ccccc1)(c1ccccc1)c1cccc(C=Nc2cc(C(F)(F)F)cc(C(F)(F)F)c2)c1O.[Cl][Zr][Cl]. The zero-order chi connectivity index (χ0) is 29.6. The number of halogens is 8. The molecule has 2 nitrogen and oxygen atoms in total. The van der Waals surface area contributed by atoms with E-state index in [4.69, 9.17) is 17.0 Å². The van der Waals surface area contributed by atoms with Gasteiger partial charge in [-0.3, -0.25) is 4.99 Å². The molecule has 0 unspecified atom stereocenters. The van der Waals surface area contributed by atoms with Gasteiger partial charge in [0.15, 0.2) is 0 Å². The van der Waals surface area contributed by atoms with E-state index in [0.717, 1.165) is 17.3 Å². The first-order chi connectivity index (χ1) is 18.8. The molecule has 1 N–H and O–H groups in total. The first-order valence-electron chi connectivity index (χ1n) is 11.6. The summed E-state index contributed by atoms with van der Waals surface area (Å²) in [5, 5.41) is 11.2. The van der Waals surface area contributed by atoms with Gasteiger partial charge in [0.25, 0.3) is 0 Å². The summed E-state index contributed by atoms with van der Waals surface area (Å²) in [5.74, 6) is -0.190. The molecule has 11 heteroatoms. The van der Waals surface area contributed by atoms with E-state index >= 15 is 0 Å². The van der Waals surface area contributed by atoms with E-state index in [-0.39, 0.29) is 17.4 Å². The molecule has 0 spiro atoms. The fraction of sp³-hybridized carbons (Fsp3) is 0.138. The first-order valence-corrected chi connectivity index (χ1v) is 17.9. The van der Waals surface area contributed by atoms with Gasteiger partial charge < -0.3 is 5.11 Å². The number of phenols is 1. The Hall–Kier alpha value is -2.61. The van der Waals surface area contributed by atoms with Crippen molar-refractivity contribution >= 4 is 28.9 Å². The topological polar surface area (TPSA) is 32.6 Å². The Kier molecular flexibility index (Phi) is 10.7. The van der Waals surface area contributed by atoms with Gasteiger partial charge in [0, 0.05) is 22.8 Å². The minimum atomic E-state index is -4.99. The van der Waals surface area contributed by atoms with Crippen molar-refractivity contribution in [3.05, 3.63) is 130 Å². The molecule has 4 rings (SSSR count). The van der Waals surface area contributed by atoms with Gasteiger partial charge in [-0.1, -0.05) is 72.8 Å². The van der Waals surface area contributed by atoms with Crippen molar-refractivity contribution in [3.8, 4) is 5.75 Å². The number of para-hydroxylation sites is 1. The molecule has 0 aliphatic carbocycles. The summed E-state index contributed by atoms with van der Waals surface area (Å²) in [6.07, 6.45) is -8.91. The van der Waals surface area contributed by atoms with E-state index in [1.54, 1.807) is 12.1 Å². The van der Waals surface area contributed by atoms with Crippen molar-refractivity contribution < 1.29 is 52.3 Å². The van der Waals surface area contributed by atoms with Crippen LogP contribution in [-0.2, 0) is 38.6 Å². The van der Waals surface area contributed by atoms with Crippen LogP contribution in [0.2, 0.25) is 0 Å². The van der Waals surface area contributed by atoms with Crippen LogP contribution in [0, 0.1) is 0 Å². The molecule has 0 amide bonds. The number of hydrogen-bond acceptors (Lipinski definition) is 2. The van der Waals surface area contributed by atoms with Gasteiger partial charge in [0.05, 0.1) is 16.8 Å². The van der Waals surface area contributed by atoms with E-state index in [2.05, 4.69) is 4.99 Å². The van der Waals surface area contributed by atoms with Crippen molar-refractivity contribution in [2.45, 2.75) is 24.7 Å². The number of alkyl halides is 6. The van der Waals surface area contributed by atoms with Gasteiger partial charge in [0.1, 0.15) is 5.75 Å². The molecule has 40 heavy (non-hydrogen) atoms. The van der Waals surface area contributed by atoms with Crippen molar-refractivity contribution in [1.29, 1.82) is 0 Å².